The Morgan fingerprint density at radius 3 is 2.54 bits per heavy atom. The summed E-state index contributed by atoms with van der Waals surface area (Å²) >= 11 is 7.77. The number of anilines is 3. The Bertz CT molecular complexity index is 716. The highest BCUT2D eigenvalue weighted by Crippen LogP contribution is 2.26. The number of benzene rings is 1. The summed E-state index contributed by atoms with van der Waals surface area (Å²) in [4.78, 5) is 13.9. The molecule has 3 rings (SSSR count). The summed E-state index contributed by atoms with van der Waals surface area (Å²) in [6, 6.07) is 7.95. The van der Waals surface area contributed by atoms with Crippen LogP contribution in [0.2, 0.25) is 5.02 Å². The van der Waals surface area contributed by atoms with Crippen LogP contribution in [0.5, 0.6) is 0 Å². The van der Waals surface area contributed by atoms with Gasteiger partial charge in [-0.15, -0.1) is 0 Å². The van der Waals surface area contributed by atoms with Gasteiger partial charge in [0.1, 0.15) is 11.6 Å². The molecule has 24 heavy (non-hydrogen) atoms. The standard InChI is InChI=1S/C17H22ClN5S/c1-12-4-5-13(10-14(12)18)19-15-11-16(21-17(20-15)24-3)23-8-6-22(2)7-9-23/h4-5,10-11H,6-9H2,1-3H3,(H,19,20,21). The number of aryl methyl sites for hydroxylation is 1. The Balaban J connectivity index is 1.84. The van der Waals surface area contributed by atoms with Gasteiger partial charge in [0.2, 0.25) is 0 Å². The van der Waals surface area contributed by atoms with E-state index in [0.717, 1.165) is 59.2 Å². The fourth-order valence-corrected chi connectivity index (χ4v) is 3.14. The van der Waals surface area contributed by atoms with E-state index in [-0.39, 0.29) is 0 Å². The molecule has 5 nitrogen and oxygen atoms in total. The first-order valence-corrected chi connectivity index (χ1v) is 9.55. The van der Waals surface area contributed by atoms with Crippen molar-refractivity contribution in [3.8, 4) is 0 Å². The second kappa shape index (κ2) is 7.59. The highest BCUT2D eigenvalue weighted by Gasteiger charge is 2.17. The van der Waals surface area contributed by atoms with E-state index in [1.165, 1.54) is 0 Å². The second-order valence-electron chi connectivity index (χ2n) is 5.98. The van der Waals surface area contributed by atoms with E-state index >= 15 is 0 Å². The van der Waals surface area contributed by atoms with Crippen molar-refractivity contribution in [3.63, 3.8) is 0 Å². The molecule has 1 aliphatic rings. The van der Waals surface area contributed by atoms with Crippen LogP contribution in [-0.2, 0) is 0 Å². The summed E-state index contributed by atoms with van der Waals surface area (Å²) < 4.78 is 0. The van der Waals surface area contributed by atoms with E-state index in [4.69, 9.17) is 11.6 Å². The molecule has 7 heteroatoms. The monoisotopic (exact) mass is 363 g/mol. The molecule has 1 aromatic heterocycles. The number of piperazine rings is 1. The number of thioether (sulfide) groups is 1. The highest BCUT2D eigenvalue weighted by molar-refractivity contribution is 7.98. The van der Waals surface area contributed by atoms with Gasteiger partial charge in [0.05, 0.1) is 0 Å². The van der Waals surface area contributed by atoms with E-state index < -0.39 is 0 Å². The van der Waals surface area contributed by atoms with Crippen LogP contribution in [0, 0.1) is 6.92 Å². The maximum atomic E-state index is 6.22. The summed E-state index contributed by atoms with van der Waals surface area (Å²) in [6.45, 7) is 6.06. The Morgan fingerprint density at radius 2 is 1.88 bits per heavy atom. The van der Waals surface area contributed by atoms with Gasteiger partial charge >= 0.3 is 0 Å². The van der Waals surface area contributed by atoms with Crippen molar-refractivity contribution in [2.24, 2.45) is 0 Å². The average Bonchev–Trinajstić information content (AvgIpc) is 2.58. The first-order valence-electron chi connectivity index (χ1n) is 7.95. The molecule has 0 amide bonds. The van der Waals surface area contributed by atoms with E-state index in [0.29, 0.717) is 0 Å². The molecule has 1 aromatic carbocycles. The first kappa shape index (κ1) is 17.3. The van der Waals surface area contributed by atoms with Crippen LogP contribution in [0.15, 0.2) is 29.4 Å². The van der Waals surface area contributed by atoms with Gasteiger partial charge in [-0.1, -0.05) is 29.4 Å². The molecule has 0 aliphatic carbocycles. The molecule has 1 N–H and O–H groups in total. The van der Waals surface area contributed by atoms with Crippen molar-refractivity contribution in [2.75, 3.05) is 49.7 Å². The first-order chi connectivity index (χ1) is 11.5. The van der Waals surface area contributed by atoms with Crippen molar-refractivity contribution >= 4 is 40.7 Å². The SMILES string of the molecule is CSc1nc(Nc2ccc(C)c(Cl)c2)cc(N2CCN(C)CC2)n1. The van der Waals surface area contributed by atoms with Gasteiger partial charge in [-0.2, -0.15) is 0 Å². The van der Waals surface area contributed by atoms with Gasteiger partial charge < -0.3 is 15.1 Å². The van der Waals surface area contributed by atoms with Crippen molar-refractivity contribution in [1.29, 1.82) is 0 Å². The molecule has 2 heterocycles. The van der Waals surface area contributed by atoms with Crippen LogP contribution >= 0.6 is 23.4 Å². The molecular formula is C17H22ClN5S. The lowest BCUT2D eigenvalue weighted by atomic mass is 10.2. The average molecular weight is 364 g/mol. The smallest absolute Gasteiger partial charge is 0.191 e. The molecule has 0 unspecified atom stereocenters. The summed E-state index contributed by atoms with van der Waals surface area (Å²) in [5.41, 5.74) is 1.99. The molecule has 2 aromatic rings. The predicted molar refractivity (Wildman–Crippen MR) is 103 cm³/mol. The molecule has 128 valence electrons. The van der Waals surface area contributed by atoms with Crippen LogP contribution in [0.4, 0.5) is 17.3 Å². The van der Waals surface area contributed by atoms with Gasteiger partial charge in [-0.05, 0) is 37.9 Å². The molecule has 1 aliphatic heterocycles. The normalized spacial score (nSPS) is 15.6. The van der Waals surface area contributed by atoms with Crippen molar-refractivity contribution < 1.29 is 0 Å². The Labute approximate surface area is 152 Å². The number of nitrogens with one attached hydrogen (secondary N) is 1. The minimum absolute atomic E-state index is 0.749. The number of likely N-dealkylation sites (N-methyl/N-ethyl adjacent to an activating group) is 1. The maximum Gasteiger partial charge on any atom is 0.191 e. The van der Waals surface area contributed by atoms with Gasteiger partial charge in [-0.3, -0.25) is 0 Å². The Morgan fingerprint density at radius 1 is 1.12 bits per heavy atom. The summed E-state index contributed by atoms with van der Waals surface area (Å²) in [7, 11) is 2.15. The fraction of sp³-hybridized carbons (Fsp3) is 0.412. The van der Waals surface area contributed by atoms with Crippen molar-refractivity contribution in [1.82, 2.24) is 14.9 Å². The Kier molecular flexibility index (Phi) is 5.48. The molecule has 0 bridgehead atoms. The Hall–Kier alpha value is -1.50. The molecule has 1 fully saturated rings. The van der Waals surface area contributed by atoms with Crippen LogP contribution in [0.3, 0.4) is 0 Å². The predicted octanol–water partition coefficient (Wildman–Crippen LogP) is 3.66. The van der Waals surface area contributed by atoms with Crippen LogP contribution < -0.4 is 10.2 Å². The zero-order valence-electron chi connectivity index (χ0n) is 14.2. The molecule has 0 radical (unpaired) electrons. The molecular weight excluding hydrogens is 342 g/mol. The van der Waals surface area contributed by atoms with E-state index in [1.807, 2.05) is 37.4 Å². The third-order valence-corrected chi connectivity index (χ3v) is 5.10. The number of hydrogen-bond acceptors (Lipinski definition) is 6. The fourth-order valence-electron chi connectivity index (χ4n) is 2.58. The largest absolute Gasteiger partial charge is 0.354 e. The number of rotatable bonds is 4. The van der Waals surface area contributed by atoms with Crippen molar-refractivity contribution in [2.45, 2.75) is 12.1 Å². The minimum atomic E-state index is 0.749. The highest BCUT2D eigenvalue weighted by atomic mass is 35.5. The third-order valence-electron chi connectivity index (χ3n) is 4.15. The van der Waals surface area contributed by atoms with E-state index in [2.05, 4.69) is 32.1 Å². The minimum Gasteiger partial charge on any atom is -0.354 e. The summed E-state index contributed by atoms with van der Waals surface area (Å²) in [6.07, 6.45) is 2.00. The lowest BCUT2D eigenvalue weighted by Crippen LogP contribution is -2.44. The number of halogens is 1. The number of nitrogens with zero attached hydrogens (tertiary/aromatic N) is 4. The number of hydrogen-bond donors (Lipinski definition) is 1. The zero-order chi connectivity index (χ0) is 17.1. The van der Waals surface area contributed by atoms with Crippen LogP contribution in [0.25, 0.3) is 0 Å². The molecule has 0 saturated carbocycles. The van der Waals surface area contributed by atoms with E-state index in [1.54, 1.807) is 11.8 Å². The maximum absolute atomic E-state index is 6.22. The third kappa shape index (κ3) is 4.12. The molecule has 1 saturated heterocycles. The van der Waals surface area contributed by atoms with Gasteiger partial charge in [0.15, 0.2) is 5.16 Å². The van der Waals surface area contributed by atoms with Gasteiger partial charge in [0.25, 0.3) is 0 Å². The van der Waals surface area contributed by atoms with Crippen LogP contribution in [0.1, 0.15) is 5.56 Å². The number of aromatic nitrogens is 2. The molecule has 0 atom stereocenters. The van der Waals surface area contributed by atoms with Gasteiger partial charge in [0, 0.05) is 43.0 Å². The second-order valence-corrected chi connectivity index (χ2v) is 7.16. The topological polar surface area (TPSA) is 44.3 Å². The summed E-state index contributed by atoms with van der Waals surface area (Å²) in [5, 5.41) is 4.87. The zero-order valence-corrected chi connectivity index (χ0v) is 15.8. The summed E-state index contributed by atoms with van der Waals surface area (Å²) in [5.74, 6) is 1.77. The lowest BCUT2D eigenvalue weighted by molar-refractivity contribution is 0.312. The van der Waals surface area contributed by atoms with Crippen LogP contribution in [-0.4, -0.2) is 54.4 Å². The van der Waals surface area contributed by atoms with E-state index in [9.17, 15) is 0 Å². The lowest BCUT2D eigenvalue weighted by Gasteiger charge is -2.33. The quantitative estimate of drug-likeness (QED) is 0.660. The van der Waals surface area contributed by atoms with Gasteiger partial charge in [-0.25, -0.2) is 9.97 Å². The molecule has 0 spiro atoms. The van der Waals surface area contributed by atoms with Crippen molar-refractivity contribution in [3.05, 3.63) is 34.9 Å².